The van der Waals surface area contributed by atoms with Crippen LogP contribution in [0.2, 0.25) is 0 Å². The van der Waals surface area contributed by atoms with Gasteiger partial charge in [-0.05, 0) is 43.9 Å². The summed E-state index contributed by atoms with van der Waals surface area (Å²) in [6, 6.07) is 7.71. The Morgan fingerprint density at radius 2 is 2.17 bits per heavy atom. The average molecular weight is 248 g/mol. The van der Waals surface area contributed by atoms with Crippen molar-refractivity contribution in [3.05, 3.63) is 29.8 Å². The predicted molar refractivity (Wildman–Crippen MR) is 71.2 cm³/mol. The molecule has 0 bridgehead atoms. The fraction of sp³-hybridized carbons (Fsp3) is 0.500. The van der Waals surface area contributed by atoms with Crippen LogP contribution in [-0.4, -0.2) is 24.7 Å². The molecule has 1 unspecified atom stereocenters. The first-order valence-corrected chi connectivity index (χ1v) is 6.37. The zero-order valence-corrected chi connectivity index (χ0v) is 10.7. The standard InChI is InChI=1S/C14H20N2O2/c1-14(8-2-10-18-14)13(17)16-9-7-11-3-5-12(15)6-4-11/h3-6H,2,7-10,15H2,1H3,(H,16,17). The Labute approximate surface area is 108 Å². The maximum Gasteiger partial charge on any atom is 0.251 e. The van der Waals surface area contributed by atoms with Gasteiger partial charge in [0.2, 0.25) is 0 Å². The SMILES string of the molecule is CC1(C(=O)NCCc2ccc(N)cc2)CCCO1. The van der Waals surface area contributed by atoms with Gasteiger partial charge in [0.25, 0.3) is 5.91 Å². The van der Waals surface area contributed by atoms with E-state index in [1.54, 1.807) is 0 Å². The number of nitrogens with two attached hydrogens (primary N) is 1. The van der Waals surface area contributed by atoms with Crippen LogP contribution in [0.5, 0.6) is 0 Å². The van der Waals surface area contributed by atoms with Crippen LogP contribution < -0.4 is 11.1 Å². The molecule has 98 valence electrons. The topological polar surface area (TPSA) is 64.4 Å². The average Bonchev–Trinajstić information content (AvgIpc) is 2.80. The molecule has 0 saturated carbocycles. The lowest BCUT2D eigenvalue weighted by molar-refractivity contribution is -0.139. The zero-order chi connectivity index (χ0) is 13.0. The number of hydrogen-bond acceptors (Lipinski definition) is 3. The van der Waals surface area contributed by atoms with Gasteiger partial charge in [-0.15, -0.1) is 0 Å². The van der Waals surface area contributed by atoms with Gasteiger partial charge in [0.1, 0.15) is 5.60 Å². The van der Waals surface area contributed by atoms with Crippen molar-refractivity contribution in [3.63, 3.8) is 0 Å². The Bertz CT molecular complexity index is 408. The Balaban J connectivity index is 1.78. The number of rotatable bonds is 4. The Morgan fingerprint density at radius 3 is 2.78 bits per heavy atom. The van der Waals surface area contributed by atoms with E-state index < -0.39 is 5.60 Å². The van der Waals surface area contributed by atoms with Crippen molar-refractivity contribution in [2.75, 3.05) is 18.9 Å². The Morgan fingerprint density at radius 1 is 1.44 bits per heavy atom. The summed E-state index contributed by atoms with van der Waals surface area (Å²) in [5.74, 6) is -0.00422. The fourth-order valence-electron chi connectivity index (χ4n) is 2.15. The van der Waals surface area contributed by atoms with Crippen LogP contribution in [0.15, 0.2) is 24.3 Å². The number of amides is 1. The molecule has 0 aliphatic carbocycles. The van der Waals surface area contributed by atoms with E-state index in [0.717, 1.165) is 24.9 Å². The van der Waals surface area contributed by atoms with E-state index in [1.807, 2.05) is 31.2 Å². The number of carbonyl (C=O) groups excluding carboxylic acids is 1. The van der Waals surface area contributed by atoms with Crippen molar-refractivity contribution in [1.29, 1.82) is 0 Å². The zero-order valence-electron chi connectivity index (χ0n) is 10.7. The number of anilines is 1. The normalized spacial score (nSPS) is 22.9. The highest BCUT2D eigenvalue weighted by Crippen LogP contribution is 2.24. The Kier molecular flexibility index (Phi) is 3.87. The highest BCUT2D eigenvalue weighted by molar-refractivity contribution is 5.84. The second-order valence-electron chi connectivity index (χ2n) is 4.93. The molecule has 1 heterocycles. The van der Waals surface area contributed by atoms with Crippen LogP contribution in [0.1, 0.15) is 25.3 Å². The number of nitrogen functional groups attached to an aromatic ring is 1. The molecule has 0 radical (unpaired) electrons. The van der Waals surface area contributed by atoms with Gasteiger partial charge in [-0.3, -0.25) is 4.79 Å². The molecular formula is C14H20N2O2. The third-order valence-electron chi connectivity index (χ3n) is 3.38. The van der Waals surface area contributed by atoms with Crippen molar-refractivity contribution < 1.29 is 9.53 Å². The maximum absolute atomic E-state index is 12.0. The molecule has 1 aliphatic rings. The van der Waals surface area contributed by atoms with Crippen molar-refractivity contribution >= 4 is 11.6 Å². The lowest BCUT2D eigenvalue weighted by Crippen LogP contribution is -2.44. The molecule has 1 amide bonds. The summed E-state index contributed by atoms with van der Waals surface area (Å²) in [5.41, 5.74) is 6.92. The molecule has 3 N–H and O–H groups in total. The van der Waals surface area contributed by atoms with Gasteiger partial charge < -0.3 is 15.8 Å². The molecular weight excluding hydrogens is 228 g/mol. The first-order chi connectivity index (χ1) is 8.60. The van der Waals surface area contributed by atoms with Crippen LogP contribution in [0.25, 0.3) is 0 Å². The second kappa shape index (κ2) is 5.40. The largest absolute Gasteiger partial charge is 0.399 e. The van der Waals surface area contributed by atoms with Gasteiger partial charge in [0, 0.05) is 18.8 Å². The first-order valence-electron chi connectivity index (χ1n) is 6.37. The van der Waals surface area contributed by atoms with E-state index in [0.29, 0.717) is 13.2 Å². The van der Waals surface area contributed by atoms with Gasteiger partial charge in [0.05, 0.1) is 0 Å². The summed E-state index contributed by atoms with van der Waals surface area (Å²) in [6.07, 6.45) is 2.57. The highest BCUT2D eigenvalue weighted by atomic mass is 16.5. The van der Waals surface area contributed by atoms with Gasteiger partial charge in [-0.2, -0.15) is 0 Å². The van der Waals surface area contributed by atoms with Crippen molar-refractivity contribution in [2.45, 2.75) is 31.8 Å². The van der Waals surface area contributed by atoms with Crippen LogP contribution in [0, 0.1) is 0 Å². The van der Waals surface area contributed by atoms with Crippen LogP contribution in [0.4, 0.5) is 5.69 Å². The summed E-state index contributed by atoms with van der Waals surface area (Å²) in [5, 5.41) is 2.93. The highest BCUT2D eigenvalue weighted by Gasteiger charge is 2.37. The van der Waals surface area contributed by atoms with Gasteiger partial charge in [0.15, 0.2) is 0 Å². The van der Waals surface area contributed by atoms with Crippen LogP contribution >= 0.6 is 0 Å². The van der Waals surface area contributed by atoms with Gasteiger partial charge in [-0.25, -0.2) is 0 Å². The predicted octanol–water partition coefficient (Wildman–Crippen LogP) is 1.50. The van der Waals surface area contributed by atoms with E-state index >= 15 is 0 Å². The molecule has 0 spiro atoms. The minimum atomic E-state index is -0.624. The van der Waals surface area contributed by atoms with E-state index in [-0.39, 0.29) is 5.91 Å². The Hall–Kier alpha value is -1.55. The first kappa shape index (κ1) is 12.9. The van der Waals surface area contributed by atoms with E-state index in [2.05, 4.69) is 5.32 Å². The molecule has 2 rings (SSSR count). The third-order valence-corrected chi connectivity index (χ3v) is 3.38. The maximum atomic E-state index is 12.0. The summed E-state index contributed by atoms with van der Waals surface area (Å²) < 4.78 is 5.49. The number of benzene rings is 1. The van der Waals surface area contributed by atoms with E-state index in [4.69, 9.17) is 10.5 Å². The number of ether oxygens (including phenoxy) is 1. The molecule has 1 saturated heterocycles. The third kappa shape index (κ3) is 3.01. The smallest absolute Gasteiger partial charge is 0.251 e. The number of carbonyl (C=O) groups is 1. The van der Waals surface area contributed by atoms with Crippen LogP contribution in [0.3, 0.4) is 0 Å². The summed E-state index contributed by atoms with van der Waals surface area (Å²) in [7, 11) is 0. The molecule has 1 aliphatic heterocycles. The summed E-state index contributed by atoms with van der Waals surface area (Å²) in [6.45, 7) is 3.17. The molecule has 4 nitrogen and oxygen atoms in total. The molecule has 4 heteroatoms. The van der Waals surface area contributed by atoms with E-state index in [1.165, 1.54) is 5.56 Å². The molecule has 1 fully saturated rings. The monoisotopic (exact) mass is 248 g/mol. The van der Waals surface area contributed by atoms with Crippen molar-refractivity contribution in [1.82, 2.24) is 5.32 Å². The second-order valence-corrected chi connectivity index (χ2v) is 4.93. The van der Waals surface area contributed by atoms with E-state index in [9.17, 15) is 4.79 Å². The molecule has 1 aromatic rings. The lowest BCUT2D eigenvalue weighted by atomic mass is 10.0. The summed E-state index contributed by atoms with van der Waals surface area (Å²) >= 11 is 0. The van der Waals surface area contributed by atoms with Crippen molar-refractivity contribution in [3.8, 4) is 0 Å². The lowest BCUT2D eigenvalue weighted by Gasteiger charge is -2.21. The fourth-order valence-corrected chi connectivity index (χ4v) is 2.15. The molecule has 18 heavy (non-hydrogen) atoms. The van der Waals surface area contributed by atoms with Gasteiger partial charge in [-0.1, -0.05) is 12.1 Å². The molecule has 1 aromatic carbocycles. The number of nitrogens with one attached hydrogen (secondary N) is 1. The minimum absolute atomic E-state index is 0.00422. The quantitative estimate of drug-likeness (QED) is 0.794. The molecule has 0 aromatic heterocycles. The summed E-state index contributed by atoms with van der Waals surface area (Å²) in [4.78, 5) is 12.0. The van der Waals surface area contributed by atoms with Crippen LogP contribution in [-0.2, 0) is 16.0 Å². The number of hydrogen-bond donors (Lipinski definition) is 2. The minimum Gasteiger partial charge on any atom is -0.399 e. The van der Waals surface area contributed by atoms with Crippen molar-refractivity contribution in [2.24, 2.45) is 0 Å². The van der Waals surface area contributed by atoms with Gasteiger partial charge >= 0.3 is 0 Å². The molecule has 1 atom stereocenters.